The first kappa shape index (κ1) is 24.6. The molecule has 0 aliphatic rings. The second-order valence-electron chi connectivity index (χ2n) is 6.60. The number of imidazole rings is 1. The van der Waals surface area contributed by atoms with E-state index in [2.05, 4.69) is 9.72 Å². The van der Waals surface area contributed by atoms with Crippen molar-refractivity contribution < 1.29 is 48.6 Å². The minimum absolute atomic E-state index is 0.220. The zero-order valence-electron chi connectivity index (χ0n) is 16.0. The van der Waals surface area contributed by atoms with E-state index < -0.39 is 69.2 Å². The first-order valence-corrected chi connectivity index (χ1v) is 9.63. The molecule has 0 spiro atoms. The number of hydrogen-bond acceptors (Lipinski definition) is 4. The highest BCUT2D eigenvalue weighted by atomic mass is 32.2. The van der Waals surface area contributed by atoms with Gasteiger partial charge in [0.15, 0.2) is 17.5 Å². The Balaban J connectivity index is 2.09. The molecule has 1 N–H and O–H groups in total. The molecule has 3 aromatic rings. The molecule has 0 saturated heterocycles. The van der Waals surface area contributed by atoms with Crippen LogP contribution in [-0.4, -0.2) is 41.4 Å². The molecule has 7 nitrogen and oxygen atoms in total. The second-order valence-corrected chi connectivity index (χ2v) is 7.48. The normalized spacial score (nSPS) is 14.0. The number of fused-ring (bicyclic) bond motifs is 1. The molecule has 0 aliphatic heterocycles. The monoisotopic (exact) mass is 505 g/mol. The summed E-state index contributed by atoms with van der Waals surface area (Å²) in [6.45, 7) is -2.12. The predicted molar refractivity (Wildman–Crippen MR) is 96.4 cm³/mol. The summed E-state index contributed by atoms with van der Waals surface area (Å²) in [4.78, 5) is 16.5. The van der Waals surface area contributed by atoms with Crippen molar-refractivity contribution in [2.45, 2.75) is 23.3 Å². The number of alkyl halides is 8. The lowest BCUT2D eigenvalue weighted by molar-refractivity contribution is -0.290. The zero-order valence-corrected chi connectivity index (χ0v) is 16.9. The molecule has 16 heteroatoms. The van der Waals surface area contributed by atoms with E-state index in [4.69, 9.17) is 0 Å². The average molecular weight is 505 g/mol. The largest absolute Gasteiger partial charge is 0.472 e. The minimum Gasteiger partial charge on any atom is -0.472 e. The Morgan fingerprint density at radius 1 is 1.06 bits per heavy atom. The van der Waals surface area contributed by atoms with Crippen molar-refractivity contribution in [2.24, 2.45) is 7.05 Å². The van der Waals surface area contributed by atoms with Crippen LogP contribution in [0.3, 0.4) is 0 Å². The van der Waals surface area contributed by atoms with Gasteiger partial charge in [-0.15, -0.1) is 0 Å². The van der Waals surface area contributed by atoms with E-state index in [1.54, 1.807) is 0 Å². The fourth-order valence-electron chi connectivity index (χ4n) is 2.72. The van der Waals surface area contributed by atoms with Gasteiger partial charge in [-0.3, -0.25) is 13.8 Å². The summed E-state index contributed by atoms with van der Waals surface area (Å²) in [5.74, 6) is -5.90. The van der Waals surface area contributed by atoms with E-state index in [-0.39, 0.29) is 5.65 Å². The van der Waals surface area contributed by atoms with E-state index >= 15 is 0 Å². The molecule has 0 bridgehead atoms. The Labute approximate surface area is 180 Å². The van der Waals surface area contributed by atoms with E-state index in [9.17, 15) is 48.7 Å². The highest BCUT2D eigenvalue weighted by Gasteiger charge is 2.58. The van der Waals surface area contributed by atoms with Crippen LogP contribution in [0.25, 0.3) is 16.9 Å². The third kappa shape index (κ3) is 4.57. The maximum atomic E-state index is 13.1. The van der Waals surface area contributed by atoms with Crippen molar-refractivity contribution in [2.75, 3.05) is 6.61 Å². The summed E-state index contributed by atoms with van der Waals surface area (Å²) >= 11 is -2.94. The SMILES string of the molecule is Cn1c(OCC(F)(F)C(F)(F)F)ccc(-c2nc3ccc(C(F)(F)F)cn3c2S(=O)O)c1=O. The van der Waals surface area contributed by atoms with Crippen LogP contribution in [0.2, 0.25) is 0 Å². The van der Waals surface area contributed by atoms with Gasteiger partial charge in [0.2, 0.25) is 11.1 Å². The van der Waals surface area contributed by atoms with E-state index in [0.717, 1.165) is 25.2 Å². The summed E-state index contributed by atoms with van der Waals surface area (Å²) in [5, 5.41) is -0.689. The van der Waals surface area contributed by atoms with Crippen LogP contribution >= 0.6 is 0 Å². The van der Waals surface area contributed by atoms with Gasteiger partial charge >= 0.3 is 18.3 Å². The first-order chi connectivity index (χ1) is 15.0. The average Bonchev–Trinajstić information content (AvgIpc) is 3.06. The smallest absolute Gasteiger partial charge is 0.456 e. The molecule has 3 aromatic heterocycles. The molecule has 3 heterocycles. The lowest BCUT2D eigenvalue weighted by Gasteiger charge is -2.20. The standard InChI is InChI=1S/C17H11F8N3O4S/c1-27-11(32-7-15(18,19)17(23,24)25)5-3-9(13(27)29)12-14(33(30)31)28-6-8(16(20,21)22)2-4-10(28)26-12/h2-6H,7H2,1H3,(H,30,31). The first-order valence-electron chi connectivity index (χ1n) is 8.52. The quantitative estimate of drug-likeness (QED) is 0.421. The van der Waals surface area contributed by atoms with E-state index in [1.165, 1.54) is 0 Å². The molecule has 0 aromatic carbocycles. The molecule has 1 unspecified atom stereocenters. The molecule has 1 atom stereocenters. The molecule has 180 valence electrons. The van der Waals surface area contributed by atoms with Crippen LogP contribution in [0.5, 0.6) is 5.88 Å². The number of pyridine rings is 2. The van der Waals surface area contributed by atoms with Crippen molar-refractivity contribution in [3.63, 3.8) is 0 Å². The van der Waals surface area contributed by atoms with Crippen molar-refractivity contribution in [1.82, 2.24) is 14.0 Å². The van der Waals surface area contributed by atoms with Crippen LogP contribution in [0.1, 0.15) is 5.56 Å². The molecule has 0 aliphatic carbocycles. The van der Waals surface area contributed by atoms with Gasteiger partial charge in [0.25, 0.3) is 5.56 Å². The summed E-state index contributed by atoms with van der Waals surface area (Å²) in [6.07, 6.45) is -10.2. The molecule has 0 saturated carbocycles. The maximum absolute atomic E-state index is 13.1. The van der Waals surface area contributed by atoms with Gasteiger partial charge in [-0.25, -0.2) is 9.19 Å². The van der Waals surface area contributed by atoms with Gasteiger partial charge in [0, 0.05) is 13.2 Å². The Morgan fingerprint density at radius 2 is 1.70 bits per heavy atom. The number of nitrogens with zero attached hydrogens (tertiary/aromatic N) is 3. The minimum atomic E-state index is -5.89. The van der Waals surface area contributed by atoms with Crippen LogP contribution in [0.4, 0.5) is 35.1 Å². The van der Waals surface area contributed by atoms with E-state index in [0.29, 0.717) is 21.2 Å². The predicted octanol–water partition coefficient (Wildman–Crippen LogP) is 3.88. The van der Waals surface area contributed by atoms with Crippen molar-refractivity contribution in [1.29, 1.82) is 0 Å². The highest BCUT2D eigenvalue weighted by Crippen LogP contribution is 2.36. The summed E-state index contributed by atoms with van der Waals surface area (Å²) in [5.41, 5.74) is -3.42. The van der Waals surface area contributed by atoms with Gasteiger partial charge in [-0.05, 0) is 24.3 Å². The van der Waals surface area contributed by atoms with Crippen molar-refractivity contribution in [3.8, 4) is 17.1 Å². The van der Waals surface area contributed by atoms with E-state index in [1.807, 2.05) is 0 Å². The topological polar surface area (TPSA) is 85.8 Å². The summed E-state index contributed by atoms with van der Waals surface area (Å²) in [6, 6.07) is 3.25. The molecule has 33 heavy (non-hydrogen) atoms. The molecular weight excluding hydrogens is 494 g/mol. The molecule has 3 rings (SSSR count). The summed E-state index contributed by atoms with van der Waals surface area (Å²) < 4.78 is 129. The number of hydrogen-bond donors (Lipinski definition) is 1. The highest BCUT2D eigenvalue weighted by molar-refractivity contribution is 7.79. The third-order valence-corrected chi connectivity index (χ3v) is 5.12. The fourth-order valence-corrected chi connectivity index (χ4v) is 3.36. The van der Waals surface area contributed by atoms with Crippen LogP contribution < -0.4 is 10.3 Å². The van der Waals surface area contributed by atoms with Gasteiger partial charge < -0.3 is 9.29 Å². The third-order valence-electron chi connectivity index (χ3n) is 4.40. The second kappa shape index (κ2) is 8.09. The van der Waals surface area contributed by atoms with Crippen LogP contribution in [0, 0.1) is 0 Å². The zero-order chi connectivity index (χ0) is 24.9. The van der Waals surface area contributed by atoms with Crippen LogP contribution in [-0.2, 0) is 24.3 Å². The lowest BCUT2D eigenvalue weighted by Crippen LogP contribution is -2.42. The van der Waals surface area contributed by atoms with Gasteiger partial charge in [-0.2, -0.15) is 35.1 Å². The molecule has 0 fully saturated rings. The number of ether oxygens (including phenoxy) is 1. The Bertz CT molecular complexity index is 1300. The van der Waals surface area contributed by atoms with Crippen molar-refractivity contribution in [3.05, 3.63) is 46.4 Å². The van der Waals surface area contributed by atoms with Gasteiger partial charge in [0.05, 0.1) is 11.1 Å². The summed E-state index contributed by atoms with van der Waals surface area (Å²) in [7, 11) is 0.958. The van der Waals surface area contributed by atoms with Gasteiger partial charge in [-0.1, -0.05) is 0 Å². The Kier molecular flexibility index (Phi) is 6.04. The maximum Gasteiger partial charge on any atom is 0.456 e. The molecule has 0 amide bonds. The van der Waals surface area contributed by atoms with Crippen molar-refractivity contribution >= 4 is 16.7 Å². The fraction of sp³-hybridized carbons (Fsp3) is 0.294. The lowest BCUT2D eigenvalue weighted by atomic mass is 10.2. The van der Waals surface area contributed by atoms with Gasteiger partial charge in [0.1, 0.15) is 11.3 Å². The Morgan fingerprint density at radius 3 is 2.24 bits per heavy atom. The number of rotatable bonds is 5. The van der Waals surface area contributed by atoms with Crippen LogP contribution in [0.15, 0.2) is 40.3 Å². The number of halogens is 8. The molecule has 0 radical (unpaired) electrons. The Hall–Kier alpha value is -3.01. The number of aromatic nitrogens is 3. The molecular formula is C17H11F8N3O4S.